The maximum atomic E-state index is 12.6. The van der Waals surface area contributed by atoms with Crippen LogP contribution in [0.15, 0.2) is 30.3 Å². The average Bonchev–Trinajstić information content (AvgIpc) is 2.98. The molecule has 0 aliphatic carbocycles. The van der Waals surface area contributed by atoms with Gasteiger partial charge in [-0.05, 0) is 12.1 Å². The number of halogens is 3. The Bertz CT molecular complexity index is 739. The van der Waals surface area contributed by atoms with E-state index in [4.69, 9.17) is 0 Å². The minimum absolute atomic E-state index is 0.0617. The Morgan fingerprint density at radius 3 is 2.71 bits per heavy atom. The highest BCUT2D eigenvalue weighted by Gasteiger charge is 2.44. The third-order valence-corrected chi connectivity index (χ3v) is 3.69. The maximum absolute atomic E-state index is 12.6. The zero-order chi connectivity index (χ0) is 17.3. The van der Waals surface area contributed by atoms with E-state index in [1.807, 2.05) is 12.1 Å². The van der Waals surface area contributed by atoms with Crippen molar-refractivity contribution in [2.45, 2.75) is 12.4 Å². The summed E-state index contributed by atoms with van der Waals surface area (Å²) in [7, 11) is 0. The van der Waals surface area contributed by atoms with Gasteiger partial charge in [-0.15, -0.1) is 0 Å². The molecule has 1 fully saturated rings. The maximum Gasteiger partial charge on any atom is 0.491 e. The minimum Gasteiger partial charge on any atom is -0.433 e. The molecule has 2 aromatic rings. The van der Waals surface area contributed by atoms with E-state index >= 15 is 0 Å². The van der Waals surface area contributed by atoms with Crippen LogP contribution in [-0.4, -0.2) is 53.8 Å². The van der Waals surface area contributed by atoms with Crippen LogP contribution >= 0.6 is 0 Å². The van der Waals surface area contributed by atoms with E-state index < -0.39 is 24.3 Å². The number of amides is 1. The lowest BCUT2D eigenvalue weighted by Gasteiger charge is -2.35. The summed E-state index contributed by atoms with van der Waals surface area (Å²) in [5.41, 5.74) is 0.964. The molecule has 24 heavy (non-hydrogen) atoms. The highest BCUT2D eigenvalue weighted by molar-refractivity contribution is 5.98. The number of hydrogen-bond donors (Lipinski definition) is 2. The smallest absolute Gasteiger partial charge is 0.433 e. The van der Waals surface area contributed by atoms with Crippen molar-refractivity contribution in [3.63, 3.8) is 0 Å². The first-order valence-electron chi connectivity index (χ1n) is 7.23. The number of aromatic amines is 1. The molecule has 1 aliphatic heterocycles. The molecule has 0 radical (unpaired) electrons. The third-order valence-electron chi connectivity index (χ3n) is 3.69. The highest BCUT2D eigenvalue weighted by atomic mass is 19.4. The zero-order valence-corrected chi connectivity index (χ0v) is 12.4. The summed E-state index contributed by atoms with van der Waals surface area (Å²) in [5.74, 6) is -2.83. The molecule has 1 aliphatic rings. The lowest BCUT2D eigenvalue weighted by Crippen LogP contribution is -2.56. The number of para-hydroxylation sites is 1. The Balaban J connectivity index is 1.81. The van der Waals surface area contributed by atoms with Crippen LogP contribution in [-0.2, 0) is 9.53 Å². The van der Waals surface area contributed by atoms with Gasteiger partial charge in [0.1, 0.15) is 5.69 Å². The van der Waals surface area contributed by atoms with Crippen LogP contribution in [0.3, 0.4) is 0 Å². The summed E-state index contributed by atoms with van der Waals surface area (Å²) in [6, 6.07) is 8.81. The zero-order valence-electron chi connectivity index (χ0n) is 12.4. The highest BCUT2D eigenvalue weighted by Crippen LogP contribution is 2.21. The summed E-state index contributed by atoms with van der Waals surface area (Å²) in [4.78, 5) is 27.7. The van der Waals surface area contributed by atoms with Crippen molar-refractivity contribution in [2.75, 3.05) is 19.6 Å². The first-order valence-corrected chi connectivity index (χ1v) is 7.23. The summed E-state index contributed by atoms with van der Waals surface area (Å²) in [6.45, 7) is 0.462. The summed E-state index contributed by atoms with van der Waals surface area (Å²) in [5, 5.41) is 3.61. The van der Waals surface area contributed by atoms with Gasteiger partial charge in [0.15, 0.2) is 6.23 Å². The topological polar surface area (TPSA) is 74.4 Å². The Hall–Kier alpha value is -2.55. The molecule has 3 rings (SSSR count). The number of fused-ring (bicyclic) bond motifs is 1. The summed E-state index contributed by atoms with van der Waals surface area (Å²) >= 11 is 0. The van der Waals surface area contributed by atoms with Crippen LogP contribution in [0.1, 0.15) is 10.5 Å². The van der Waals surface area contributed by atoms with Crippen LogP contribution in [0.2, 0.25) is 0 Å². The van der Waals surface area contributed by atoms with E-state index in [-0.39, 0.29) is 18.8 Å². The molecule has 1 aromatic carbocycles. The number of ether oxygens (including phenoxy) is 1. The van der Waals surface area contributed by atoms with Crippen LogP contribution < -0.4 is 5.32 Å². The van der Waals surface area contributed by atoms with Crippen molar-refractivity contribution in [3.05, 3.63) is 36.0 Å². The van der Waals surface area contributed by atoms with E-state index in [9.17, 15) is 22.8 Å². The molecule has 6 nitrogen and oxygen atoms in total. The van der Waals surface area contributed by atoms with Crippen LogP contribution in [0, 0.1) is 0 Å². The lowest BCUT2D eigenvalue weighted by molar-refractivity contribution is -0.211. The van der Waals surface area contributed by atoms with Crippen LogP contribution in [0.25, 0.3) is 10.9 Å². The van der Waals surface area contributed by atoms with E-state index in [0.29, 0.717) is 6.54 Å². The van der Waals surface area contributed by atoms with Gasteiger partial charge in [-0.1, -0.05) is 18.2 Å². The van der Waals surface area contributed by atoms with Crippen LogP contribution in [0.5, 0.6) is 0 Å². The second-order valence-corrected chi connectivity index (χ2v) is 5.33. The van der Waals surface area contributed by atoms with Gasteiger partial charge in [0, 0.05) is 24.0 Å². The summed E-state index contributed by atoms with van der Waals surface area (Å²) in [6.07, 6.45) is -6.42. The number of nitrogens with zero attached hydrogens (tertiary/aromatic N) is 1. The second-order valence-electron chi connectivity index (χ2n) is 5.33. The van der Waals surface area contributed by atoms with E-state index in [0.717, 1.165) is 15.8 Å². The number of nitrogens with one attached hydrogen (secondary N) is 2. The molecule has 1 unspecified atom stereocenters. The molecule has 0 saturated carbocycles. The molecule has 128 valence electrons. The lowest BCUT2D eigenvalue weighted by atomic mass is 10.2. The van der Waals surface area contributed by atoms with Gasteiger partial charge in [-0.2, -0.15) is 13.2 Å². The molecule has 1 atom stereocenters. The molecule has 1 amide bonds. The van der Waals surface area contributed by atoms with Gasteiger partial charge in [0.05, 0.1) is 6.54 Å². The van der Waals surface area contributed by atoms with Crippen molar-refractivity contribution >= 4 is 22.8 Å². The Labute approximate surface area is 134 Å². The van der Waals surface area contributed by atoms with Gasteiger partial charge in [-0.3, -0.25) is 9.69 Å². The number of carbonyl (C=O) groups is 2. The number of piperazine rings is 1. The molecule has 9 heteroatoms. The number of carbonyl (C=O) groups excluding carboxylic acids is 2. The van der Waals surface area contributed by atoms with Gasteiger partial charge < -0.3 is 15.0 Å². The largest absolute Gasteiger partial charge is 0.491 e. The number of alkyl halides is 3. The quantitative estimate of drug-likeness (QED) is 0.815. The van der Waals surface area contributed by atoms with Crippen molar-refractivity contribution in [3.8, 4) is 0 Å². The number of hydrogen-bond acceptors (Lipinski definition) is 4. The molecule has 2 heterocycles. The fraction of sp³-hybridized carbons (Fsp3) is 0.333. The Kier molecular flexibility index (Phi) is 4.18. The van der Waals surface area contributed by atoms with Crippen LogP contribution in [0.4, 0.5) is 13.2 Å². The molecule has 1 saturated heterocycles. The summed E-state index contributed by atoms with van der Waals surface area (Å²) < 4.78 is 41.6. The SMILES string of the molecule is O=C(c1cc2ccccc2[nH]1)N1CCNCC1OC(=O)C(F)(F)F. The average molecular weight is 341 g/mol. The monoisotopic (exact) mass is 341 g/mol. The van der Waals surface area contributed by atoms with E-state index in [1.54, 1.807) is 18.2 Å². The predicted octanol–water partition coefficient (Wildman–Crippen LogP) is 1.64. The molecular formula is C15H14F3N3O3. The van der Waals surface area contributed by atoms with Gasteiger partial charge in [0.25, 0.3) is 5.91 Å². The molecule has 0 spiro atoms. The van der Waals surface area contributed by atoms with Gasteiger partial charge in [0.2, 0.25) is 0 Å². The molecule has 1 aromatic heterocycles. The second kappa shape index (κ2) is 6.16. The van der Waals surface area contributed by atoms with Gasteiger partial charge in [-0.25, -0.2) is 4.79 Å². The standard InChI is InChI=1S/C15H14F3N3O3/c16-15(17,18)14(23)24-12-8-19-5-6-21(12)13(22)11-7-9-3-1-2-4-10(9)20-11/h1-4,7,12,19-20H,5-6,8H2. The first-order chi connectivity index (χ1) is 11.4. The number of rotatable bonds is 2. The predicted molar refractivity (Wildman–Crippen MR) is 78.1 cm³/mol. The fourth-order valence-electron chi connectivity index (χ4n) is 2.55. The Morgan fingerprint density at radius 2 is 2.00 bits per heavy atom. The number of esters is 1. The number of H-pyrrole nitrogens is 1. The molecular weight excluding hydrogens is 327 g/mol. The number of aromatic nitrogens is 1. The normalized spacial score (nSPS) is 18.6. The van der Waals surface area contributed by atoms with E-state index in [1.165, 1.54) is 0 Å². The van der Waals surface area contributed by atoms with E-state index in [2.05, 4.69) is 15.0 Å². The van der Waals surface area contributed by atoms with Gasteiger partial charge >= 0.3 is 12.1 Å². The van der Waals surface area contributed by atoms with Crippen molar-refractivity contribution in [1.82, 2.24) is 15.2 Å². The minimum atomic E-state index is -5.10. The van der Waals surface area contributed by atoms with Crippen molar-refractivity contribution in [2.24, 2.45) is 0 Å². The third kappa shape index (κ3) is 3.21. The first kappa shape index (κ1) is 16.3. The van der Waals surface area contributed by atoms with Crippen molar-refractivity contribution < 1.29 is 27.5 Å². The molecule has 0 bridgehead atoms. The fourth-order valence-corrected chi connectivity index (χ4v) is 2.55. The Morgan fingerprint density at radius 1 is 1.25 bits per heavy atom. The molecule has 2 N–H and O–H groups in total. The number of benzene rings is 1. The van der Waals surface area contributed by atoms with Crippen molar-refractivity contribution in [1.29, 1.82) is 0 Å².